The van der Waals surface area contributed by atoms with E-state index in [2.05, 4.69) is 15.6 Å². The van der Waals surface area contributed by atoms with Crippen molar-refractivity contribution in [1.29, 1.82) is 0 Å². The molecular formula is C17H16N4O3S2. The summed E-state index contributed by atoms with van der Waals surface area (Å²) in [4.78, 5) is 29.9. The van der Waals surface area contributed by atoms with E-state index in [0.29, 0.717) is 32.8 Å². The van der Waals surface area contributed by atoms with E-state index in [4.69, 9.17) is 17.0 Å². The van der Waals surface area contributed by atoms with Crippen molar-refractivity contribution >= 4 is 51.7 Å². The number of rotatable bonds is 4. The van der Waals surface area contributed by atoms with Gasteiger partial charge in [0.05, 0.1) is 16.6 Å². The van der Waals surface area contributed by atoms with Gasteiger partial charge in [-0.25, -0.2) is 4.98 Å². The van der Waals surface area contributed by atoms with Crippen LogP contribution in [0.3, 0.4) is 0 Å². The first-order valence-corrected chi connectivity index (χ1v) is 9.46. The van der Waals surface area contributed by atoms with E-state index in [9.17, 15) is 9.59 Å². The zero-order chi connectivity index (χ0) is 18.1. The van der Waals surface area contributed by atoms with Crippen molar-refractivity contribution in [3.8, 4) is 0 Å². The van der Waals surface area contributed by atoms with Gasteiger partial charge < -0.3 is 15.4 Å². The molecule has 0 aromatic carbocycles. The molecule has 0 aliphatic carbocycles. The number of hydrogen-bond acceptors (Lipinski definition) is 7. The minimum Gasteiger partial charge on any atom is -0.376 e. The van der Waals surface area contributed by atoms with E-state index < -0.39 is 0 Å². The summed E-state index contributed by atoms with van der Waals surface area (Å²) in [6.07, 6.45) is 5.31. The number of fused-ring (bicyclic) bond motifs is 1. The van der Waals surface area contributed by atoms with E-state index >= 15 is 0 Å². The third-order valence-electron chi connectivity index (χ3n) is 4.21. The van der Waals surface area contributed by atoms with Crippen LogP contribution in [0.15, 0.2) is 34.1 Å². The third-order valence-corrected chi connectivity index (χ3v) is 5.37. The molecule has 0 radical (unpaired) electrons. The van der Waals surface area contributed by atoms with Gasteiger partial charge in [-0.15, -0.1) is 0 Å². The van der Waals surface area contributed by atoms with Gasteiger partial charge in [-0.3, -0.25) is 14.0 Å². The number of nitrogens with one attached hydrogen (secondary N) is 2. The smallest absolute Gasteiger partial charge is 0.267 e. The Hall–Kier alpha value is -2.23. The average Bonchev–Trinajstić information content (AvgIpc) is 3.25. The summed E-state index contributed by atoms with van der Waals surface area (Å²) in [6, 6.07) is 5.35. The lowest BCUT2D eigenvalue weighted by molar-refractivity contribution is -0.115. The number of nitrogens with zero attached hydrogens (tertiary/aromatic N) is 2. The molecule has 0 saturated carbocycles. The minimum absolute atomic E-state index is 0.100. The standard InChI is InChI=1S/C17H16N4O3S2/c22-15-12(26-17(25)20-15)8-11-14(18-9-10-4-3-7-24-10)19-13-5-1-2-6-21(13)16(11)23/h1-2,5-6,8,10,18H,3-4,7,9H2,(H,20,22,25)/b12-8-/t10-/m1/s1. The second kappa shape index (κ2) is 7.18. The molecule has 0 unspecified atom stereocenters. The molecule has 4 heterocycles. The number of hydrogen-bond donors (Lipinski definition) is 2. The summed E-state index contributed by atoms with van der Waals surface area (Å²) in [7, 11) is 0. The highest BCUT2D eigenvalue weighted by Crippen LogP contribution is 2.27. The van der Waals surface area contributed by atoms with E-state index in [1.807, 2.05) is 6.07 Å². The van der Waals surface area contributed by atoms with Crippen LogP contribution in [0.25, 0.3) is 11.7 Å². The summed E-state index contributed by atoms with van der Waals surface area (Å²) < 4.78 is 7.46. The average molecular weight is 388 g/mol. The zero-order valence-corrected chi connectivity index (χ0v) is 15.4. The Balaban J connectivity index is 1.77. The van der Waals surface area contributed by atoms with Gasteiger partial charge in [0.2, 0.25) is 0 Å². The van der Waals surface area contributed by atoms with Crippen molar-refractivity contribution in [2.45, 2.75) is 18.9 Å². The Morgan fingerprint density at radius 1 is 1.46 bits per heavy atom. The van der Waals surface area contributed by atoms with Crippen molar-refractivity contribution in [2.24, 2.45) is 0 Å². The summed E-state index contributed by atoms with van der Waals surface area (Å²) in [5.41, 5.74) is 0.617. The van der Waals surface area contributed by atoms with Gasteiger partial charge in [0.25, 0.3) is 11.5 Å². The highest BCUT2D eigenvalue weighted by Gasteiger charge is 2.24. The summed E-state index contributed by atoms with van der Waals surface area (Å²) >= 11 is 6.15. The lowest BCUT2D eigenvalue weighted by Gasteiger charge is -2.14. The van der Waals surface area contributed by atoms with E-state index in [0.717, 1.165) is 31.2 Å². The molecule has 4 rings (SSSR count). The van der Waals surface area contributed by atoms with Gasteiger partial charge in [-0.2, -0.15) is 0 Å². The van der Waals surface area contributed by atoms with Crippen LogP contribution in [-0.2, 0) is 9.53 Å². The van der Waals surface area contributed by atoms with Crippen molar-refractivity contribution < 1.29 is 9.53 Å². The van der Waals surface area contributed by atoms with Gasteiger partial charge in [0.1, 0.15) is 15.8 Å². The topological polar surface area (TPSA) is 84.7 Å². The maximum Gasteiger partial charge on any atom is 0.267 e. The van der Waals surface area contributed by atoms with Crippen LogP contribution in [0.2, 0.25) is 0 Å². The second-order valence-electron chi connectivity index (χ2n) is 5.98. The molecule has 0 bridgehead atoms. The SMILES string of the molecule is O=C1NC(=S)S/C1=C\c1c(NC[C@H]2CCCO2)nc2ccccn2c1=O. The Labute approximate surface area is 158 Å². The number of thiocarbonyl (C=S) groups is 1. The number of aromatic nitrogens is 2. The van der Waals surface area contributed by atoms with E-state index in [-0.39, 0.29) is 17.6 Å². The van der Waals surface area contributed by atoms with Crippen LogP contribution in [-0.4, -0.2) is 38.9 Å². The quantitative estimate of drug-likeness (QED) is 0.610. The molecule has 134 valence electrons. The number of carbonyl (C=O) groups excluding carboxylic acids is 1. The highest BCUT2D eigenvalue weighted by atomic mass is 32.2. The summed E-state index contributed by atoms with van der Waals surface area (Å²) in [6.45, 7) is 1.31. The molecule has 26 heavy (non-hydrogen) atoms. The zero-order valence-electron chi connectivity index (χ0n) is 13.7. The molecule has 2 aromatic rings. The molecule has 2 aliphatic rings. The summed E-state index contributed by atoms with van der Waals surface area (Å²) in [5, 5.41) is 5.78. The molecule has 2 aliphatic heterocycles. The van der Waals surface area contributed by atoms with Crippen LogP contribution in [0.4, 0.5) is 5.82 Å². The van der Waals surface area contributed by atoms with Gasteiger partial charge in [0.15, 0.2) is 0 Å². The van der Waals surface area contributed by atoms with Gasteiger partial charge in [-0.1, -0.05) is 30.0 Å². The number of anilines is 1. The Morgan fingerprint density at radius 2 is 2.35 bits per heavy atom. The fraction of sp³-hybridized carbons (Fsp3) is 0.294. The predicted molar refractivity (Wildman–Crippen MR) is 105 cm³/mol. The second-order valence-corrected chi connectivity index (χ2v) is 7.70. The normalized spacial score (nSPS) is 21.5. The maximum absolute atomic E-state index is 13.0. The lowest BCUT2D eigenvalue weighted by Crippen LogP contribution is -2.24. The maximum atomic E-state index is 13.0. The van der Waals surface area contributed by atoms with Crippen molar-refractivity contribution in [3.05, 3.63) is 45.2 Å². The molecule has 2 N–H and O–H groups in total. The number of thioether (sulfide) groups is 1. The highest BCUT2D eigenvalue weighted by molar-refractivity contribution is 8.26. The fourth-order valence-electron chi connectivity index (χ4n) is 2.94. The summed E-state index contributed by atoms with van der Waals surface area (Å²) in [5.74, 6) is 0.137. The van der Waals surface area contributed by atoms with Crippen LogP contribution in [0.1, 0.15) is 18.4 Å². The first-order valence-electron chi connectivity index (χ1n) is 8.23. The number of carbonyl (C=O) groups is 1. The molecule has 2 aromatic heterocycles. The number of ether oxygens (including phenoxy) is 1. The fourth-order valence-corrected chi connectivity index (χ4v) is 3.96. The van der Waals surface area contributed by atoms with Crippen molar-refractivity contribution in [1.82, 2.24) is 14.7 Å². The van der Waals surface area contributed by atoms with Crippen molar-refractivity contribution in [2.75, 3.05) is 18.5 Å². The molecule has 2 fully saturated rings. The lowest BCUT2D eigenvalue weighted by atomic mass is 10.2. The third kappa shape index (κ3) is 3.37. The van der Waals surface area contributed by atoms with Gasteiger partial charge in [0, 0.05) is 19.3 Å². The molecule has 1 amide bonds. The van der Waals surface area contributed by atoms with Gasteiger partial charge >= 0.3 is 0 Å². The van der Waals surface area contributed by atoms with Crippen LogP contribution < -0.4 is 16.2 Å². The molecule has 0 spiro atoms. The molecule has 1 atom stereocenters. The number of amides is 1. The van der Waals surface area contributed by atoms with Crippen molar-refractivity contribution in [3.63, 3.8) is 0 Å². The van der Waals surface area contributed by atoms with Crippen LogP contribution in [0, 0.1) is 0 Å². The van der Waals surface area contributed by atoms with Gasteiger partial charge in [-0.05, 0) is 31.1 Å². The molecule has 9 heteroatoms. The first kappa shape index (κ1) is 17.2. The monoisotopic (exact) mass is 388 g/mol. The number of pyridine rings is 1. The van der Waals surface area contributed by atoms with Crippen LogP contribution in [0.5, 0.6) is 0 Å². The van der Waals surface area contributed by atoms with E-state index in [1.165, 1.54) is 4.40 Å². The Bertz CT molecular complexity index is 980. The Morgan fingerprint density at radius 3 is 3.08 bits per heavy atom. The van der Waals surface area contributed by atoms with Crippen LogP contribution >= 0.6 is 24.0 Å². The first-order chi connectivity index (χ1) is 12.6. The molecule has 7 nitrogen and oxygen atoms in total. The molecular weight excluding hydrogens is 372 g/mol. The minimum atomic E-state index is -0.303. The predicted octanol–water partition coefficient (Wildman–Crippen LogP) is 1.77. The molecule has 2 saturated heterocycles. The Kier molecular flexibility index (Phi) is 4.75. The largest absolute Gasteiger partial charge is 0.376 e. The van der Waals surface area contributed by atoms with E-state index in [1.54, 1.807) is 24.4 Å².